The summed E-state index contributed by atoms with van der Waals surface area (Å²) in [5.74, 6) is 0.666. The molecule has 6 heteroatoms. The van der Waals surface area contributed by atoms with Crippen LogP contribution in [0.5, 0.6) is 0 Å². The number of ketones is 1. The van der Waals surface area contributed by atoms with Gasteiger partial charge >= 0.3 is 0 Å². The van der Waals surface area contributed by atoms with Gasteiger partial charge in [0, 0.05) is 31.3 Å². The molecule has 0 amide bonds. The maximum atomic E-state index is 13.0. The lowest BCUT2D eigenvalue weighted by atomic mass is 9.92. The number of nitrogens with zero attached hydrogens (tertiary/aromatic N) is 2. The molecule has 0 N–H and O–H groups in total. The van der Waals surface area contributed by atoms with Gasteiger partial charge in [-0.05, 0) is 67.2 Å². The van der Waals surface area contributed by atoms with Gasteiger partial charge in [-0.2, -0.15) is 4.98 Å². The van der Waals surface area contributed by atoms with E-state index in [1.54, 1.807) is 19.3 Å². The number of rotatable bonds is 11. The van der Waals surface area contributed by atoms with Gasteiger partial charge in [-0.1, -0.05) is 47.6 Å². The summed E-state index contributed by atoms with van der Waals surface area (Å²) in [6.07, 6.45) is 6.67. The van der Waals surface area contributed by atoms with E-state index >= 15 is 0 Å². The number of benzene rings is 2. The standard InChI is InChI=1S/C27H29FN2O3/c1-19-8-4-5-12-24(19)25-14-13-23(18-22(25)11-7-17-32-3)27-29-26(30-33-27)21(15-16-28)10-6-9-20(2)31/h4-6,8,10,12-15,18H,7,9,11,16-17H2,1-3H3/b10-6-,21-15+. The molecule has 3 rings (SSSR count). The van der Waals surface area contributed by atoms with Crippen molar-refractivity contribution in [2.45, 2.75) is 33.1 Å². The molecule has 33 heavy (non-hydrogen) atoms. The van der Waals surface area contributed by atoms with E-state index < -0.39 is 6.67 Å². The number of aryl methyl sites for hydroxylation is 2. The lowest BCUT2D eigenvalue weighted by molar-refractivity contribution is -0.116. The molecule has 0 aliphatic heterocycles. The van der Waals surface area contributed by atoms with Crippen molar-refractivity contribution in [3.05, 3.63) is 77.6 Å². The minimum absolute atomic E-state index is 0.0226. The molecule has 0 fully saturated rings. The number of carbonyl (C=O) groups is 1. The molecule has 1 aromatic heterocycles. The van der Waals surface area contributed by atoms with Gasteiger partial charge in [-0.15, -0.1) is 0 Å². The fourth-order valence-corrected chi connectivity index (χ4v) is 3.61. The van der Waals surface area contributed by atoms with Crippen molar-refractivity contribution in [2.24, 2.45) is 0 Å². The molecule has 172 valence electrons. The molecule has 0 saturated carbocycles. The Labute approximate surface area is 194 Å². The Hall–Kier alpha value is -3.38. The second kappa shape index (κ2) is 12.0. The number of halogens is 1. The average Bonchev–Trinajstić information content (AvgIpc) is 3.29. The van der Waals surface area contributed by atoms with E-state index in [0.717, 1.165) is 24.0 Å². The van der Waals surface area contributed by atoms with Gasteiger partial charge in [0.25, 0.3) is 5.89 Å². The molecule has 5 nitrogen and oxygen atoms in total. The van der Waals surface area contributed by atoms with E-state index in [1.165, 1.54) is 29.7 Å². The Morgan fingerprint density at radius 2 is 2.00 bits per heavy atom. The van der Waals surface area contributed by atoms with Gasteiger partial charge in [0.15, 0.2) is 0 Å². The maximum Gasteiger partial charge on any atom is 0.258 e. The molecule has 2 aromatic carbocycles. The highest BCUT2D eigenvalue weighted by atomic mass is 19.1. The van der Waals surface area contributed by atoms with Gasteiger partial charge in [0.1, 0.15) is 12.5 Å². The summed E-state index contributed by atoms with van der Waals surface area (Å²) < 4.78 is 23.8. The molecule has 0 unspecified atom stereocenters. The van der Waals surface area contributed by atoms with Crippen LogP contribution < -0.4 is 0 Å². The van der Waals surface area contributed by atoms with Crippen LogP contribution in [0.4, 0.5) is 4.39 Å². The molecule has 0 aliphatic carbocycles. The summed E-state index contributed by atoms with van der Waals surface area (Å²) in [6.45, 7) is 3.61. The van der Waals surface area contributed by atoms with Gasteiger partial charge in [0.05, 0.1) is 0 Å². The summed E-state index contributed by atoms with van der Waals surface area (Å²) in [7, 11) is 1.70. The fraction of sp³-hybridized carbons (Fsp3) is 0.296. The first-order valence-electron chi connectivity index (χ1n) is 11.0. The summed E-state index contributed by atoms with van der Waals surface area (Å²) in [5.41, 5.74) is 6.00. The largest absolute Gasteiger partial charge is 0.385 e. The lowest BCUT2D eigenvalue weighted by Gasteiger charge is -2.13. The van der Waals surface area contributed by atoms with Crippen LogP contribution in [0.25, 0.3) is 28.2 Å². The molecular weight excluding hydrogens is 419 g/mol. The van der Waals surface area contributed by atoms with Crippen LogP contribution in [0.1, 0.15) is 36.7 Å². The van der Waals surface area contributed by atoms with Crippen molar-refractivity contribution >= 4 is 11.4 Å². The van der Waals surface area contributed by atoms with Crippen molar-refractivity contribution in [2.75, 3.05) is 20.4 Å². The second-order valence-electron chi connectivity index (χ2n) is 7.83. The number of hydrogen-bond acceptors (Lipinski definition) is 5. The van der Waals surface area contributed by atoms with Crippen LogP contribution in [-0.4, -0.2) is 36.3 Å². The SMILES string of the molecule is COCCCc1cc(-c2nc(C(/C=C\CC(C)=O)=C/CF)no2)ccc1-c1ccccc1C. The molecule has 1 heterocycles. The van der Waals surface area contributed by atoms with E-state index in [4.69, 9.17) is 9.26 Å². The zero-order valence-corrected chi connectivity index (χ0v) is 19.3. The molecule has 3 aromatic rings. The molecule has 0 radical (unpaired) electrons. The number of Topliss-reactive ketones (excluding diaryl/α,β-unsaturated/α-hetero) is 1. The van der Waals surface area contributed by atoms with Crippen molar-refractivity contribution in [1.29, 1.82) is 0 Å². The van der Waals surface area contributed by atoms with Crippen LogP contribution in [0.15, 0.2) is 65.2 Å². The van der Waals surface area contributed by atoms with Crippen LogP contribution in [0, 0.1) is 6.92 Å². The molecule has 0 bridgehead atoms. The van der Waals surface area contributed by atoms with Gasteiger partial charge in [0.2, 0.25) is 5.82 Å². The van der Waals surface area contributed by atoms with E-state index in [-0.39, 0.29) is 18.0 Å². The number of hydrogen-bond donors (Lipinski definition) is 0. The predicted molar refractivity (Wildman–Crippen MR) is 128 cm³/mol. The zero-order chi connectivity index (χ0) is 23.6. The van der Waals surface area contributed by atoms with E-state index in [1.807, 2.05) is 18.2 Å². The summed E-state index contributed by atoms with van der Waals surface area (Å²) in [6, 6.07) is 14.4. The van der Waals surface area contributed by atoms with Crippen molar-refractivity contribution < 1.29 is 18.4 Å². The number of ether oxygens (including phenoxy) is 1. The Morgan fingerprint density at radius 3 is 2.73 bits per heavy atom. The highest BCUT2D eigenvalue weighted by Gasteiger charge is 2.15. The van der Waals surface area contributed by atoms with Crippen LogP contribution >= 0.6 is 0 Å². The minimum Gasteiger partial charge on any atom is -0.385 e. The number of alkyl halides is 1. The van der Waals surface area contributed by atoms with Crippen molar-refractivity contribution in [3.63, 3.8) is 0 Å². The number of carbonyl (C=O) groups excluding carboxylic acids is 1. The Kier molecular flexibility index (Phi) is 8.84. The maximum absolute atomic E-state index is 13.0. The molecular formula is C27H29FN2O3. The third kappa shape index (κ3) is 6.56. The molecule has 0 saturated heterocycles. The van der Waals surface area contributed by atoms with Gasteiger partial charge in [-0.3, -0.25) is 4.79 Å². The highest BCUT2D eigenvalue weighted by Crippen LogP contribution is 2.31. The first-order valence-corrected chi connectivity index (χ1v) is 11.0. The second-order valence-corrected chi connectivity index (χ2v) is 7.83. The first-order chi connectivity index (χ1) is 16.0. The zero-order valence-electron chi connectivity index (χ0n) is 19.3. The van der Waals surface area contributed by atoms with Gasteiger partial charge < -0.3 is 9.26 Å². The third-order valence-corrected chi connectivity index (χ3v) is 5.27. The predicted octanol–water partition coefficient (Wildman–Crippen LogP) is 6.18. The molecule has 0 aliphatic rings. The summed E-state index contributed by atoms with van der Waals surface area (Å²) in [4.78, 5) is 15.7. The first kappa shape index (κ1) is 24.3. The molecule has 0 spiro atoms. The Balaban J connectivity index is 1.95. The monoisotopic (exact) mass is 448 g/mol. The van der Waals surface area contributed by atoms with E-state index in [2.05, 4.69) is 41.3 Å². The minimum atomic E-state index is -0.668. The average molecular weight is 449 g/mol. The fourth-order valence-electron chi connectivity index (χ4n) is 3.61. The number of aromatic nitrogens is 2. The van der Waals surface area contributed by atoms with E-state index in [9.17, 15) is 9.18 Å². The molecule has 0 atom stereocenters. The third-order valence-electron chi connectivity index (χ3n) is 5.27. The Morgan fingerprint density at radius 1 is 1.18 bits per heavy atom. The quantitative estimate of drug-likeness (QED) is 0.259. The van der Waals surface area contributed by atoms with Crippen LogP contribution in [-0.2, 0) is 16.0 Å². The smallest absolute Gasteiger partial charge is 0.258 e. The summed E-state index contributed by atoms with van der Waals surface area (Å²) in [5, 5.41) is 4.03. The number of methoxy groups -OCH3 is 1. The van der Waals surface area contributed by atoms with Crippen LogP contribution in [0.2, 0.25) is 0 Å². The highest BCUT2D eigenvalue weighted by molar-refractivity contribution is 5.79. The Bertz CT molecular complexity index is 1150. The van der Waals surface area contributed by atoms with Gasteiger partial charge in [-0.25, -0.2) is 4.39 Å². The van der Waals surface area contributed by atoms with Crippen molar-refractivity contribution in [3.8, 4) is 22.6 Å². The van der Waals surface area contributed by atoms with Crippen LogP contribution in [0.3, 0.4) is 0 Å². The number of allylic oxidation sites excluding steroid dienone is 4. The summed E-state index contributed by atoms with van der Waals surface area (Å²) >= 11 is 0. The normalized spacial score (nSPS) is 11.9. The van der Waals surface area contributed by atoms with Crippen molar-refractivity contribution in [1.82, 2.24) is 10.1 Å². The van der Waals surface area contributed by atoms with E-state index in [0.29, 0.717) is 18.1 Å². The lowest BCUT2D eigenvalue weighted by Crippen LogP contribution is -1.97. The topological polar surface area (TPSA) is 65.2 Å².